The predicted molar refractivity (Wildman–Crippen MR) is 81.2 cm³/mol. The van der Waals surface area contributed by atoms with Crippen LogP contribution < -0.4 is 5.32 Å². The monoisotopic (exact) mass is 312 g/mol. The molecule has 0 heterocycles. The first-order valence-corrected chi connectivity index (χ1v) is 8.91. The van der Waals surface area contributed by atoms with Gasteiger partial charge in [0.15, 0.2) is 9.84 Å². The van der Waals surface area contributed by atoms with Gasteiger partial charge in [-0.2, -0.15) is 0 Å². The number of nitrogens with zero attached hydrogens (tertiary/aromatic N) is 1. The van der Waals surface area contributed by atoms with Crippen LogP contribution in [-0.2, 0) is 9.84 Å². The lowest BCUT2D eigenvalue weighted by Gasteiger charge is -2.27. The molecule has 0 radical (unpaired) electrons. The van der Waals surface area contributed by atoms with Crippen LogP contribution in [-0.4, -0.2) is 25.6 Å². The average Bonchev–Trinajstić information content (AvgIpc) is 2.40. The van der Waals surface area contributed by atoms with Gasteiger partial charge < -0.3 is 5.32 Å². The van der Waals surface area contributed by atoms with Gasteiger partial charge >= 0.3 is 0 Å². The van der Waals surface area contributed by atoms with E-state index in [0.29, 0.717) is 11.6 Å². The standard InChI is InChI=1S/C14H20N2O4S/c1-10-3-5-11(6-4-10)15-13-8-7-12(21(2,19)20)9-14(13)16(17)18/h7-11,15H,3-6H2,1-2H3. The van der Waals surface area contributed by atoms with E-state index in [-0.39, 0.29) is 16.6 Å². The Labute approximate surface area is 124 Å². The Morgan fingerprint density at radius 3 is 2.38 bits per heavy atom. The molecule has 1 aliphatic carbocycles. The van der Waals surface area contributed by atoms with Crippen LogP contribution in [0.25, 0.3) is 0 Å². The zero-order valence-corrected chi connectivity index (χ0v) is 13.0. The van der Waals surface area contributed by atoms with E-state index in [1.807, 2.05) is 0 Å². The lowest BCUT2D eigenvalue weighted by Crippen LogP contribution is -2.25. The van der Waals surface area contributed by atoms with E-state index in [9.17, 15) is 18.5 Å². The molecular formula is C14H20N2O4S. The Bertz CT molecular complexity index is 634. The summed E-state index contributed by atoms with van der Waals surface area (Å²) in [7, 11) is -3.45. The summed E-state index contributed by atoms with van der Waals surface area (Å²) in [6.45, 7) is 2.21. The summed E-state index contributed by atoms with van der Waals surface area (Å²) in [6.07, 6.45) is 5.21. The Morgan fingerprint density at radius 2 is 1.86 bits per heavy atom. The minimum Gasteiger partial charge on any atom is -0.377 e. The molecule has 1 aromatic carbocycles. The van der Waals surface area contributed by atoms with E-state index < -0.39 is 14.8 Å². The lowest BCUT2D eigenvalue weighted by molar-refractivity contribution is -0.384. The molecule has 1 aliphatic rings. The van der Waals surface area contributed by atoms with Crippen LogP contribution in [0.3, 0.4) is 0 Å². The summed E-state index contributed by atoms with van der Waals surface area (Å²) in [5.74, 6) is 0.700. The highest BCUT2D eigenvalue weighted by atomic mass is 32.2. The van der Waals surface area contributed by atoms with Gasteiger partial charge in [0, 0.05) is 18.4 Å². The van der Waals surface area contributed by atoms with E-state index in [2.05, 4.69) is 12.2 Å². The fraction of sp³-hybridized carbons (Fsp3) is 0.571. The van der Waals surface area contributed by atoms with Gasteiger partial charge in [0.05, 0.1) is 9.82 Å². The number of hydrogen-bond donors (Lipinski definition) is 1. The molecule has 21 heavy (non-hydrogen) atoms. The van der Waals surface area contributed by atoms with Gasteiger partial charge in [0.1, 0.15) is 5.69 Å². The van der Waals surface area contributed by atoms with Crippen molar-refractivity contribution in [1.29, 1.82) is 0 Å². The molecule has 1 saturated carbocycles. The molecule has 0 unspecified atom stereocenters. The normalized spacial score (nSPS) is 22.8. The molecule has 0 spiro atoms. The molecule has 6 nitrogen and oxygen atoms in total. The lowest BCUT2D eigenvalue weighted by atomic mass is 9.87. The van der Waals surface area contributed by atoms with Crippen LogP contribution >= 0.6 is 0 Å². The Kier molecular flexibility index (Phi) is 4.51. The largest absolute Gasteiger partial charge is 0.377 e. The van der Waals surface area contributed by atoms with E-state index in [0.717, 1.165) is 38.0 Å². The average molecular weight is 312 g/mol. The second-order valence-corrected chi connectivity index (χ2v) is 7.83. The molecule has 7 heteroatoms. The van der Waals surface area contributed by atoms with Crippen molar-refractivity contribution in [2.75, 3.05) is 11.6 Å². The number of nitro groups is 1. The summed E-state index contributed by atoms with van der Waals surface area (Å²) in [4.78, 5) is 10.6. The molecule has 0 bridgehead atoms. The summed E-state index contributed by atoms with van der Waals surface area (Å²) in [6, 6.07) is 4.25. The first kappa shape index (κ1) is 15.8. The molecule has 2 rings (SSSR count). The first-order chi connectivity index (χ1) is 9.77. The number of nitro benzene ring substituents is 1. The SMILES string of the molecule is CC1CCC(Nc2ccc(S(C)(=O)=O)cc2[N+](=O)[O-])CC1. The first-order valence-electron chi connectivity index (χ1n) is 7.02. The summed E-state index contributed by atoms with van der Waals surface area (Å²) < 4.78 is 23.0. The second-order valence-electron chi connectivity index (χ2n) is 5.81. The maximum absolute atomic E-state index is 11.5. The van der Waals surface area contributed by atoms with Crippen LogP contribution in [0.4, 0.5) is 11.4 Å². The number of nitrogens with one attached hydrogen (secondary N) is 1. The van der Waals surface area contributed by atoms with Crippen molar-refractivity contribution in [2.24, 2.45) is 5.92 Å². The molecule has 0 aromatic heterocycles. The summed E-state index contributed by atoms with van der Waals surface area (Å²) >= 11 is 0. The number of sulfone groups is 1. The third-order valence-corrected chi connectivity index (χ3v) is 5.08. The number of hydrogen-bond acceptors (Lipinski definition) is 5. The van der Waals surface area contributed by atoms with E-state index in [1.165, 1.54) is 12.1 Å². The van der Waals surface area contributed by atoms with Crippen molar-refractivity contribution in [3.05, 3.63) is 28.3 Å². The highest BCUT2D eigenvalue weighted by Crippen LogP contribution is 2.31. The van der Waals surface area contributed by atoms with Crippen molar-refractivity contribution in [2.45, 2.75) is 43.5 Å². The van der Waals surface area contributed by atoms with Crippen LogP contribution in [0.15, 0.2) is 23.1 Å². The van der Waals surface area contributed by atoms with Gasteiger partial charge in [-0.05, 0) is 43.7 Å². The van der Waals surface area contributed by atoms with Crippen molar-refractivity contribution in [3.8, 4) is 0 Å². The maximum Gasteiger partial charge on any atom is 0.293 e. The van der Waals surface area contributed by atoms with Gasteiger partial charge in [0.2, 0.25) is 0 Å². The highest BCUT2D eigenvalue weighted by Gasteiger charge is 2.23. The third-order valence-electron chi connectivity index (χ3n) is 3.97. The van der Waals surface area contributed by atoms with Gasteiger partial charge in [-0.1, -0.05) is 6.92 Å². The summed E-state index contributed by atoms with van der Waals surface area (Å²) in [5, 5.41) is 14.4. The van der Waals surface area contributed by atoms with Crippen molar-refractivity contribution in [3.63, 3.8) is 0 Å². The van der Waals surface area contributed by atoms with Crippen molar-refractivity contribution >= 4 is 21.2 Å². The second kappa shape index (κ2) is 6.01. The Hall–Kier alpha value is -1.63. The molecular weight excluding hydrogens is 292 g/mol. The molecule has 1 fully saturated rings. The molecule has 0 atom stereocenters. The zero-order valence-electron chi connectivity index (χ0n) is 12.2. The molecule has 116 valence electrons. The predicted octanol–water partition coefficient (Wildman–Crippen LogP) is 2.99. The molecule has 0 aliphatic heterocycles. The van der Waals surface area contributed by atoms with Crippen LogP contribution in [0.1, 0.15) is 32.6 Å². The molecule has 0 amide bonds. The van der Waals surface area contributed by atoms with Crippen molar-refractivity contribution in [1.82, 2.24) is 0 Å². The molecule has 1 N–H and O–H groups in total. The molecule has 0 saturated heterocycles. The van der Waals surface area contributed by atoms with Gasteiger partial charge in [-0.3, -0.25) is 10.1 Å². The maximum atomic E-state index is 11.5. The highest BCUT2D eigenvalue weighted by molar-refractivity contribution is 7.90. The molecule has 1 aromatic rings. The minimum atomic E-state index is -3.45. The quantitative estimate of drug-likeness (QED) is 0.682. The van der Waals surface area contributed by atoms with E-state index in [4.69, 9.17) is 0 Å². The number of anilines is 1. The Morgan fingerprint density at radius 1 is 1.24 bits per heavy atom. The number of benzene rings is 1. The van der Waals surface area contributed by atoms with Gasteiger partial charge in [0.25, 0.3) is 5.69 Å². The third kappa shape index (κ3) is 3.93. The topological polar surface area (TPSA) is 89.3 Å². The van der Waals surface area contributed by atoms with Crippen LogP contribution in [0.5, 0.6) is 0 Å². The Balaban J connectivity index is 2.25. The smallest absolute Gasteiger partial charge is 0.293 e. The van der Waals surface area contributed by atoms with E-state index >= 15 is 0 Å². The number of rotatable bonds is 4. The minimum absolute atomic E-state index is 0.0305. The van der Waals surface area contributed by atoms with Crippen molar-refractivity contribution < 1.29 is 13.3 Å². The van der Waals surface area contributed by atoms with Gasteiger partial charge in [-0.15, -0.1) is 0 Å². The van der Waals surface area contributed by atoms with Gasteiger partial charge in [-0.25, -0.2) is 8.42 Å². The van der Waals surface area contributed by atoms with E-state index in [1.54, 1.807) is 0 Å². The van der Waals surface area contributed by atoms with Crippen LogP contribution in [0.2, 0.25) is 0 Å². The zero-order chi connectivity index (χ0) is 15.6. The van der Waals surface area contributed by atoms with Crippen LogP contribution in [0, 0.1) is 16.0 Å². The fourth-order valence-corrected chi connectivity index (χ4v) is 3.28. The fourth-order valence-electron chi connectivity index (χ4n) is 2.64. The summed E-state index contributed by atoms with van der Waals surface area (Å²) in [5.41, 5.74) is 0.212.